The molecule has 20 heavy (non-hydrogen) atoms. The summed E-state index contributed by atoms with van der Waals surface area (Å²) in [7, 11) is 0. The van der Waals surface area contributed by atoms with Crippen LogP contribution in [-0.4, -0.2) is 11.0 Å². The third-order valence-electron chi connectivity index (χ3n) is 4.28. The highest BCUT2D eigenvalue weighted by Crippen LogP contribution is 2.35. The third kappa shape index (κ3) is 3.03. The summed E-state index contributed by atoms with van der Waals surface area (Å²) in [6, 6.07) is 2.33. The molecule has 110 valence electrons. The van der Waals surface area contributed by atoms with Crippen molar-refractivity contribution in [2.45, 2.75) is 39.2 Å². The predicted molar refractivity (Wildman–Crippen MR) is 77.7 cm³/mol. The Balaban J connectivity index is 2.28. The monoisotopic (exact) mass is 300 g/mol. The van der Waals surface area contributed by atoms with Gasteiger partial charge in [-0.05, 0) is 24.3 Å². The molecule has 1 aliphatic carbocycles. The van der Waals surface area contributed by atoms with Gasteiger partial charge in [-0.15, -0.1) is 0 Å². The van der Waals surface area contributed by atoms with Crippen molar-refractivity contribution in [3.05, 3.63) is 33.1 Å². The van der Waals surface area contributed by atoms with Crippen LogP contribution in [0.25, 0.3) is 0 Å². The van der Waals surface area contributed by atoms with Crippen LogP contribution in [0.2, 0.25) is 5.02 Å². The minimum atomic E-state index is -0.769. The average Bonchev–Trinajstić information content (AvgIpc) is 2.38. The number of nitro benzene ring substituents is 1. The first-order valence-corrected chi connectivity index (χ1v) is 7.18. The van der Waals surface area contributed by atoms with Gasteiger partial charge in [0.2, 0.25) is 0 Å². The molecule has 0 aromatic heterocycles. The molecule has 0 bridgehead atoms. The molecule has 3 unspecified atom stereocenters. The van der Waals surface area contributed by atoms with E-state index >= 15 is 0 Å². The molecule has 1 aromatic rings. The lowest BCUT2D eigenvalue weighted by molar-refractivity contribution is -0.384. The number of rotatable bonds is 3. The lowest BCUT2D eigenvalue weighted by atomic mass is 9.78. The van der Waals surface area contributed by atoms with Crippen molar-refractivity contribution >= 4 is 23.0 Å². The van der Waals surface area contributed by atoms with E-state index in [0.717, 1.165) is 18.9 Å². The number of nitrogens with one attached hydrogen (secondary N) is 1. The Morgan fingerprint density at radius 1 is 1.40 bits per heavy atom. The second-order valence-corrected chi connectivity index (χ2v) is 5.97. The van der Waals surface area contributed by atoms with E-state index in [-0.39, 0.29) is 16.8 Å². The summed E-state index contributed by atoms with van der Waals surface area (Å²) in [5.41, 5.74) is 0.0321. The number of hydrogen-bond acceptors (Lipinski definition) is 3. The number of halogens is 2. The van der Waals surface area contributed by atoms with Gasteiger partial charge in [-0.2, -0.15) is 0 Å². The van der Waals surface area contributed by atoms with Gasteiger partial charge in [-0.1, -0.05) is 38.3 Å². The highest BCUT2D eigenvalue weighted by atomic mass is 35.5. The van der Waals surface area contributed by atoms with Crippen LogP contribution in [0, 0.1) is 27.8 Å². The van der Waals surface area contributed by atoms with E-state index in [2.05, 4.69) is 19.2 Å². The molecule has 1 aliphatic rings. The molecule has 0 radical (unpaired) electrons. The molecule has 1 saturated carbocycles. The van der Waals surface area contributed by atoms with Crippen LogP contribution in [0.4, 0.5) is 15.8 Å². The lowest BCUT2D eigenvalue weighted by Gasteiger charge is -2.35. The molecular weight excluding hydrogens is 283 g/mol. The van der Waals surface area contributed by atoms with Crippen molar-refractivity contribution in [2.24, 2.45) is 11.8 Å². The average molecular weight is 301 g/mol. The fraction of sp³-hybridized carbons (Fsp3) is 0.571. The Morgan fingerprint density at radius 2 is 2.10 bits per heavy atom. The SMILES string of the molecule is CC1CCCC(Nc2cc(Cl)c(F)cc2[N+](=O)[O-])C1C. The van der Waals surface area contributed by atoms with Crippen LogP contribution in [0.5, 0.6) is 0 Å². The van der Waals surface area contributed by atoms with Crippen LogP contribution in [0.1, 0.15) is 33.1 Å². The summed E-state index contributed by atoms with van der Waals surface area (Å²) in [6.45, 7) is 4.32. The standard InChI is InChI=1S/C14H18ClFN2O2/c1-8-4-3-5-12(9(8)2)17-13-6-10(15)11(16)7-14(13)18(19)20/h6-9,12,17H,3-5H2,1-2H3. The molecule has 1 aromatic carbocycles. The van der Waals surface area contributed by atoms with Crippen LogP contribution < -0.4 is 5.32 Å². The molecule has 0 amide bonds. The van der Waals surface area contributed by atoms with Crippen molar-refractivity contribution < 1.29 is 9.31 Å². The van der Waals surface area contributed by atoms with Crippen molar-refractivity contribution in [3.8, 4) is 0 Å². The molecule has 2 rings (SSSR count). The van der Waals surface area contributed by atoms with Gasteiger partial charge in [0.05, 0.1) is 16.0 Å². The van der Waals surface area contributed by atoms with Gasteiger partial charge in [0.15, 0.2) is 0 Å². The first-order chi connectivity index (χ1) is 9.40. The lowest BCUT2D eigenvalue weighted by Crippen LogP contribution is -2.35. The van der Waals surface area contributed by atoms with E-state index in [1.54, 1.807) is 0 Å². The normalized spacial score (nSPS) is 26.3. The summed E-state index contributed by atoms with van der Waals surface area (Å²) >= 11 is 5.74. The first-order valence-electron chi connectivity index (χ1n) is 6.80. The van der Waals surface area contributed by atoms with E-state index < -0.39 is 10.7 Å². The first kappa shape index (κ1) is 15.0. The fourth-order valence-electron chi connectivity index (χ4n) is 2.79. The molecule has 1 N–H and O–H groups in total. The van der Waals surface area contributed by atoms with Gasteiger partial charge < -0.3 is 5.32 Å². The largest absolute Gasteiger partial charge is 0.376 e. The Morgan fingerprint density at radius 3 is 2.75 bits per heavy atom. The summed E-state index contributed by atoms with van der Waals surface area (Å²) in [5, 5.41) is 14.1. The van der Waals surface area contributed by atoms with Crippen LogP contribution in [-0.2, 0) is 0 Å². The second-order valence-electron chi connectivity index (χ2n) is 5.56. The Labute approximate surface area is 122 Å². The number of anilines is 1. The van der Waals surface area contributed by atoms with Crippen molar-refractivity contribution in [3.63, 3.8) is 0 Å². The summed E-state index contributed by atoms with van der Waals surface area (Å²) in [6.07, 6.45) is 3.22. The summed E-state index contributed by atoms with van der Waals surface area (Å²) in [4.78, 5) is 10.4. The molecule has 0 spiro atoms. The highest BCUT2D eigenvalue weighted by molar-refractivity contribution is 6.31. The molecular formula is C14H18ClFN2O2. The molecule has 0 heterocycles. The van der Waals surface area contributed by atoms with Crippen molar-refractivity contribution in [1.82, 2.24) is 0 Å². The van der Waals surface area contributed by atoms with E-state index in [9.17, 15) is 14.5 Å². The van der Waals surface area contributed by atoms with E-state index in [1.165, 1.54) is 12.5 Å². The molecule has 3 atom stereocenters. The van der Waals surface area contributed by atoms with E-state index in [0.29, 0.717) is 17.5 Å². The number of nitro groups is 1. The zero-order chi connectivity index (χ0) is 14.9. The smallest absolute Gasteiger partial charge is 0.295 e. The maximum atomic E-state index is 13.4. The van der Waals surface area contributed by atoms with Gasteiger partial charge in [0, 0.05) is 6.04 Å². The minimum absolute atomic E-state index is 0.102. The van der Waals surface area contributed by atoms with Crippen molar-refractivity contribution in [1.29, 1.82) is 0 Å². The zero-order valence-corrected chi connectivity index (χ0v) is 12.3. The Kier molecular flexibility index (Phi) is 4.48. The molecule has 6 heteroatoms. The molecule has 4 nitrogen and oxygen atoms in total. The maximum absolute atomic E-state index is 13.4. The topological polar surface area (TPSA) is 55.2 Å². The second kappa shape index (κ2) is 5.95. The van der Waals surface area contributed by atoms with Crippen LogP contribution in [0.3, 0.4) is 0 Å². The summed E-state index contributed by atoms with van der Waals surface area (Å²) < 4.78 is 13.4. The van der Waals surface area contributed by atoms with Crippen molar-refractivity contribution in [2.75, 3.05) is 5.32 Å². The fourth-order valence-corrected chi connectivity index (χ4v) is 2.95. The Hall–Kier alpha value is -1.36. The van der Waals surface area contributed by atoms with Gasteiger partial charge in [0.25, 0.3) is 5.69 Å². The van der Waals surface area contributed by atoms with E-state index in [4.69, 9.17) is 11.6 Å². The van der Waals surface area contributed by atoms with Gasteiger partial charge >= 0.3 is 0 Å². The quantitative estimate of drug-likeness (QED) is 0.654. The van der Waals surface area contributed by atoms with Crippen LogP contribution >= 0.6 is 11.6 Å². The molecule has 1 fully saturated rings. The number of nitrogens with zero attached hydrogens (tertiary/aromatic N) is 1. The molecule has 0 saturated heterocycles. The van der Waals surface area contributed by atoms with E-state index in [1.807, 2.05) is 0 Å². The minimum Gasteiger partial charge on any atom is -0.376 e. The maximum Gasteiger partial charge on any atom is 0.295 e. The predicted octanol–water partition coefficient (Wildman–Crippen LogP) is 4.62. The highest BCUT2D eigenvalue weighted by Gasteiger charge is 2.29. The van der Waals surface area contributed by atoms with Gasteiger partial charge in [-0.3, -0.25) is 10.1 Å². The van der Waals surface area contributed by atoms with Gasteiger partial charge in [0.1, 0.15) is 11.5 Å². The zero-order valence-electron chi connectivity index (χ0n) is 11.5. The molecule has 0 aliphatic heterocycles. The van der Waals surface area contributed by atoms with Gasteiger partial charge in [-0.25, -0.2) is 4.39 Å². The van der Waals surface area contributed by atoms with Crippen LogP contribution in [0.15, 0.2) is 12.1 Å². The Bertz CT molecular complexity index is 524. The number of hydrogen-bond donors (Lipinski definition) is 1. The third-order valence-corrected chi connectivity index (χ3v) is 4.57. The number of benzene rings is 1. The summed E-state index contributed by atoms with van der Waals surface area (Å²) in [5.74, 6) is 0.206.